The standard InChI is InChI=1S/C12H13N3O4S/c1-19-4-2-3-14-12(16)10(7-13)5-9-6-11(15(17)18)20-8-9/h5-6,8H,2-4H2,1H3,(H,14,16)/b10-5-. The molecule has 0 saturated heterocycles. The molecule has 0 aliphatic rings. The van der Waals surface area contributed by atoms with E-state index >= 15 is 0 Å². The van der Waals surface area contributed by atoms with Gasteiger partial charge in [0.2, 0.25) is 0 Å². The van der Waals surface area contributed by atoms with E-state index in [1.807, 2.05) is 0 Å². The number of nitrogens with one attached hydrogen (secondary N) is 1. The van der Waals surface area contributed by atoms with Crippen LogP contribution in [0, 0.1) is 21.4 Å². The Bertz CT molecular complexity index is 559. The molecule has 0 aliphatic carbocycles. The first-order valence-corrected chi connectivity index (χ1v) is 6.58. The second-order valence-electron chi connectivity index (χ2n) is 3.75. The van der Waals surface area contributed by atoms with E-state index in [0.717, 1.165) is 11.3 Å². The Balaban J connectivity index is 2.68. The van der Waals surface area contributed by atoms with Gasteiger partial charge in [-0.1, -0.05) is 11.3 Å². The number of carbonyl (C=O) groups excluding carboxylic acids is 1. The summed E-state index contributed by atoms with van der Waals surface area (Å²) in [6, 6.07) is 3.10. The van der Waals surface area contributed by atoms with E-state index in [9.17, 15) is 14.9 Å². The zero-order chi connectivity index (χ0) is 15.0. The number of amides is 1. The minimum Gasteiger partial charge on any atom is -0.385 e. The monoisotopic (exact) mass is 295 g/mol. The summed E-state index contributed by atoms with van der Waals surface area (Å²) < 4.78 is 4.84. The first-order valence-electron chi connectivity index (χ1n) is 5.70. The van der Waals surface area contributed by atoms with E-state index in [1.165, 1.54) is 17.5 Å². The fourth-order valence-corrected chi connectivity index (χ4v) is 2.02. The van der Waals surface area contributed by atoms with E-state index in [4.69, 9.17) is 10.00 Å². The highest BCUT2D eigenvalue weighted by Gasteiger charge is 2.12. The summed E-state index contributed by atoms with van der Waals surface area (Å²) in [5, 5.41) is 23.6. The van der Waals surface area contributed by atoms with Crippen molar-refractivity contribution in [1.29, 1.82) is 5.26 Å². The van der Waals surface area contributed by atoms with Crippen molar-refractivity contribution in [2.45, 2.75) is 6.42 Å². The minimum absolute atomic E-state index is 0.0333. The molecule has 0 unspecified atom stereocenters. The maximum absolute atomic E-state index is 11.7. The Hall–Kier alpha value is -2.24. The number of nitro groups is 1. The number of nitrogens with zero attached hydrogens (tertiary/aromatic N) is 2. The number of methoxy groups -OCH3 is 1. The summed E-state index contributed by atoms with van der Waals surface area (Å²) >= 11 is 0.945. The Kier molecular flexibility index (Phi) is 6.36. The van der Waals surface area contributed by atoms with Crippen molar-refractivity contribution in [1.82, 2.24) is 5.32 Å². The lowest BCUT2D eigenvalue weighted by Crippen LogP contribution is -2.26. The van der Waals surface area contributed by atoms with Gasteiger partial charge in [0, 0.05) is 31.7 Å². The molecule has 0 aromatic carbocycles. The maximum atomic E-state index is 11.7. The molecule has 0 fully saturated rings. The van der Waals surface area contributed by atoms with Crippen LogP contribution >= 0.6 is 11.3 Å². The summed E-state index contributed by atoms with van der Waals surface area (Å²) in [5.41, 5.74) is 0.375. The number of carbonyl (C=O) groups is 1. The highest BCUT2D eigenvalue weighted by atomic mass is 32.1. The molecule has 1 aromatic heterocycles. The number of hydrogen-bond donors (Lipinski definition) is 1. The van der Waals surface area contributed by atoms with Crippen LogP contribution in [-0.2, 0) is 9.53 Å². The van der Waals surface area contributed by atoms with Crippen molar-refractivity contribution in [3.63, 3.8) is 0 Å². The number of thiophene rings is 1. The SMILES string of the molecule is COCCCNC(=O)/C(C#N)=C\c1csc([N+](=O)[O-])c1. The molecule has 0 saturated carbocycles. The van der Waals surface area contributed by atoms with E-state index in [1.54, 1.807) is 13.2 Å². The highest BCUT2D eigenvalue weighted by molar-refractivity contribution is 7.13. The lowest BCUT2D eigenvalue weighted by molar-refractivity contribution is -0.380. The van der Waals surface area contributed by atoms with Gasteiger partial charge < -0.3 is 10.1 Å². The van der Waals surface area contributed by atoms with Crippen LogP contribution in [0.25, 0.3) is 6.08 Å². The Morgan fingerprint density at radius 1 is 1.70 bits per heavy atom. The minimum atomic E-state index is -0.515. The maximum Gasteiger partial charge on any atom is 0.324 e. The normalized spacial score (nSPS) is 10.9. The summed E-state index contributed by atoms with van der Waals surface area (Å²) in [6.45, 7) is 0.915. The van der Waals surface area contributed by atoms with E-state index in [-0.39, 0.29) is 10.6 Å². The second-order valence-corrected chi connectivity index (χ2v) is 4.64. The predicted molar refractivity (Wildman–Crippen MR) is 74.1 cm³/mol. The van der Waals surface area contributed by atoms with Gasteiger partial charge >= 0.3 is 5.00 Å². The molecule has 8 heteroatoms. The molecule has 20 heavy (non-hydrogen) atoms. The Morgan fingerprint density at radius 2 is 2.45 bits per heavy atom. The molecule has 0 spiro atoms. The number of rotatable bonds is 7. The van der Waals surface area contributed by atoms with Gasteiger partial charge in [-0.05, 0) is 18.1 Å². The van der Waals surface area contributed by atoms with Gasteiger partial charge in [0.1, 0.15) is 11.6 Å². The first-order chi connectivity index (χ1) is 9.58. The van der Waals surface area contributed by atoms with Crippen LogP contribution in [0.15, 0.2) is 17.0 Å². The summed E-state index contributed by atoms with van der Waals surface area (Å²) in [5.74, 6) is -0.502. The second kappa shape index (κ2) is 8.04. The van der Waals surface area contributed by atoms with E-state index in [0.29, 0.717) is 25.1 Å². The van der Waals surface area contributed by atoms with Gasteiger partial charge in [0.25, 0.3) is 5.91 Å². The molecule has 1 amide bonds. The van der Waals surface area contributed by atoms with Crippen molar-refractivity contribution < 1.29 is 14.5 Å². The van der Waals surface area contributed by atoms with Crippen LogP contribution in [0.2, 0.25) is 0 Å². The third-order valence-corrected chi connectivity index (χ3v) is 3.17. The van der Waals surface area contributed by atoms with Crippen molar-refractivity contribution in [2.75, 3.05) is 20.3 Å². The third kappa shape index (κ3) is 4.79. The van der Waals surface area contributed by atoms with Crippen LogP contribution in [-0.4, -0.2) is 31.1 Å². The number of hydrogen-bond acceptors (Lipinski definition) is 6. The van der Waals surface area contributed by atoms with Gasteiger partial charge in [0.05, 0.1) is 4.92 Å². The zero-order valence-corrected chi connectivity index (χ0v) is 11.6. The van der Waals surface area contributed by atoms with Gasteiger partial charge in [-0.15, -0.1) is 0 Å². The molecule has 106 valence electrons. The summed E-state index contributed by atoms with van der Waals surface area (Å²) in [6.07, 6.45) is 1.97. The topological polar surface area (TPSA) is 105 Å². The van der Waals surface area contributed by atoms with Crippen LogP contribution in [0.4, 0.5) is 5.00 Å². The van der Waals surface area contributed by atoms with Gasteiger partial charge in [0.15, 0.2) is 0 Å². The highest BCUT2D eigenvalue weighted by Crippen LogP contribution is 2.24. The first kappa shape index (κ1) is 15.8. The average molecular weight is 295 g/mol. The predicted octanol–water partition coefficient (Wildman–Crippen LogP) is 1.72. The molecule has 1 N–H and O–H groups in total. The van der Waals surface area contributed by atoms with E-state index in [2.05, 4.69) is 5.32 Å². The van der Waals surface area contributed by atoms with Crippen LogP contribution in [0.5, 0.6) is 0 Å². The summed E-state index contributed by atoms with van der Waals surface area (Å²) in [4.78, 5) is 21.7. The van der Waals surface area contributed by atoms with Gasteiger partial charge in [-0.25, -0.2) is 0 Å². The fourth-order valence-electron chi connectivity index (χ4n) is 1.34. The lowest BCUT2D eigenvalue weighted by Gasteiger charge is -2.03. The van der Waals surface area contributed by atoms with Crippen molar-refractivity contribution in [2.24, 2.45) is 0 Å². The van der Waals surface area contributed by atoms with Crippen molar-refractivity contribution in [3.05, 3.63) is 32.7 Å². The quantitative estimate of drug-likeness (QED) is 0.271. The molecule has 0 radical (unpaired) electrons. The number of nitriles is 1. The molecular weight excluding hydrogens is 282 g/mol. The Labute approximate surface area is 119 Å². The van der Waals surface area contributed by atoms with Crippen molar-refractivity contribution in [3.8, 4) is 6.07 Å². The molecule has 0 atom stereocenters. The lowest BCUT2D eigenvalue weighted by atomic mass is 10.2. The molecule has 0 aliphatic heterocycles. The molecule has 1 rings (SSSR count). The molecule has 0 bridgehead atoms. The van der Waals surface area contributed by atoms with Gasteiger partial charge in [-0.3, -0.25) is 14.9 Å². The van der Waals surface area contributed by atoms with Crippen LogP contribution < -0.4 is 5.32 Å². The molecule has 1 heterocycles. The smallest absolute Gasteiger partial charge is 0.324 e. The van der Waals surface area contributed by atoms with E-state index < -0.39 is 10.8 Å². The average Bonchev–Trinajstić information content (AvgIpc) is 2.89. The molecule has 7 nitrogen and oxygen atoms in total. The molecule has 1 aromatic rings. The fraction of sp³-hybridized carbons (Fsp3) is 0.333. The molecular formula is C12H13N3O4S. The summed E-state index contributed by atoms with van der Waals surface area (Å²) in [7, 11) is 1.56. The number of ether oxygens (including phenoxy) is 1. The largest absolute Gasteiger partial charge is 0.385 e. The third-order valence-electron chi connectivity index (χ3n) is 2.27. The Morgan fingerprint density at radius 3 is 3.00 bits per heavy atom. The van der Waals surface area contributed by atoms with Crippen molar-refractivity contribution >= 4 is 28.3 Å². The zero-order valence-electron chi connectivity index (χ0n) is 10.8. The van der Waals surface area contributed by atoms with Crippen LogP contribution in [0.1, 0.15) is 12.0 Å². The van der Waals surface area contributed by atoms with Crippen LogP contribution in [0.3, 0.4) is 0 Å². The van der Waals surface area contributed by atoms with Gasteiger partial charge in [-0.2, -0.15) is 5.26 Å².